The van der Waals surface area contributed by atoms with Crippen LogP contribution in [0.25, 0.3) is 33.0 Å². The van der Waals surface area contributed by atoms with E-state index in [9.17, 15) is 0 Å². The first-order valence-electron chi connectivity index (χ1n) is 9.14. The third-order valence-electron chi connectivity index (χ3n) is 5.42. The first-order chi connectivity index (χ1) is 13.8. The number of pyridine rings is 1. The van der Waals surface area contributed by atoms with Gasteiger partial charge in [0.2, 0.25) is 5.88 Å². The summed E-state index contributed by atoms with van der Waals surface area (Å²) in [5, 5.41) is 7.93. The number of benzene rings is 1. The second kappa shape index (κ2) is 5.87. The lowest BCUT2D eigenvalue weighted by Crippen LogP contribution is -1.89. The maximum Gasteiger partial charge on any atom is 0.212 e. The molecule has 1 N–H and O–H groups in total. The van der Waals surface area contributed by atoms with E-state index in [4.69, 9.17) is 4.74 Å². The quantitative estimate of drug-likeness (QED) is 0.490. The van der Waals surface area contributed by atoms with Crippen LogP contribution >= 0.6 is 11.3 Å². The Morgan fingerprint density at radius 1 is 1.11 bits per heavy atom. The van der Waals surface area contributed by atoms with Crippen LogP contribution in [0.3, 0.4) is 0 Å². The minimum atomic E-state index is 0.632. The van der Waals surface area contributed by atoms with Gasteiger partial charge in [0.05, 0.1) is 25.0 Å². The number of hydrogen-bond donors (Lipinski definition) is 1. The number of rotatable bonds is 3. The molecule has 0 saturated heterocycles. The van der Waals surface area contributed by atoms with Crippen molar-refractivity contribution in [2.24, 2.45) is 4.99 Å². The SMILES string of the molecule is COc1ccc(-c2cc3c(s2)Cc2c(-c4ccc5c(c4)CN=C5)n[nH]c2-3)cn1. The van der Waals surface area contributed by atoms with Gasteiger partial charge in [-0.3, -0.25) is 10.1 Å². The van der Waals surface area contributed by atoms with Crippen molar-refractivity contribution in [2.75, 3.05) is 7.11 Å². The van der Waals surface area contributed by atoms with Crippen LogP contribution in [0.15, 0.2) is 47.6 Å². The van der Waals surface area contributed by atoms with Gasteiger partial charge in [0.15, 0.2) is 0 Å². The summed E-state index contributed by atoms with van der Waals surface area (Å²) in [7, 11) is 1.63. The second-order valence-corrected chi connectivity index (χ2v) is 8.16. The molecule has 2 aliphatic rings. The summed E-state index contributed by atoms with van der Waals surface area (Å²) >= 11 is 1.83. The van der Waals surface area contributed by atoms with Gasteiger partial charge < -0.3 is 4.74 Å². The van der Waals surface area contributed by atoms with Gasteiger partial charge >= 0.3 is 0 Å². The predicted molar refractivity (Wildman–Crippen MR) is 111 cm³/mol. The lowest BCUT2D eigenvalue weighted by Gasteiger charge is -2.03. The minimum absolute atomic E-state index is 0.632. The van der Waals surface area contributed by atoms with Crippen LogP contribution in [0.1, 0.15) is 21.6 Å². The Morgan fingerprint density at radius 3 is 2.89 bits per heavy atom. The molecule has 5 nitrogen and oxygen atoms in total. The number of hydrogen-bond acceptors (Lipinski definition) is 5. The van der Waals surface area contributed by atoms with Gasteiger partial charge in [-0.2, -0.15) is 5.10 Å². The number of thiophene rings is 1. The molecule has 6 heteroatoms. The van der Waals surface area contributed by atoms with Gasteiger partial charge in [-0.05, 0) is 29.3 Å². The Morgan fingerprint density at radius 2 is 2.04 bits per heavy atom. The number of nitrogens with one attached hydrogen (secondary N) is 1. The first kappa shape index (κ1) is 15.8. The smallest absolute Gasteiger partial charge is 0.212 e. The normalized spacial score (nSPS) is 13.5. The van der Waals surface area contributed by atoms with Crippen molar-refractivity contribution in [3.05, 3.63) is 64.2 Å². The fourth-order valence-corrected chi connectivity index (χ4v) is 5.15. The van der Waals surface area contributed by atoms with Crippen LogP contribution in [0.2, 0.25) is 0 Å². The summed E-state index contributed by atoms with van der Waals surface area (Å²) in [6.07, 6.45) is 4.73. The summed E-state index contributed by atoms with van der Waals surface area (Å²) in [6, 6.07) is 12.7. The molecule has 0 atom stereocenters. The highest BCUT2D eigenvalue weighted by molar-refractivity contribution is 7.16. The molecule has 4 aromatic rings. The lowest BCUT2D eigenvalue weighted by atomic mass is 10.0. The van der Waals surface area contributed by atoms with E-state index in [1.807, 2.05) is 29.8 Å². The van der Waals surface area contributed by atoms with Gasteiger partial charge in [-0.1, -0.05) is 12.1 Å². The fourth-order valence-electron chi connectivity index (χ4n) is 3.98. The van der Waals surface area contributed by atoms with Crippen molar-refractivity contribution >= 4 is 17.6 Å². The zero-order valence-corrected chi connectivity index (χ0v) is 16.0. The van der Waals surface area contributed by atoms with E-state index in [2.05, 4.69) is 50.5 Å². The molecule has 0 amide bonds. The standard InChI is InChI=1S/C22H16N4OS/c1-27-20-5-4-14(11-24-20)18-7-16-19(28-18)8-17-21(25-26-22(16)17)12-2-3-13-9-23-10-15(13)6-12/h2-7,9,11H,8,10H2,1H3,(H,25,26). The minimum Gasteiger partial charge on any atom is -0.481 e. The molecule has 1 aromatic carbocycles. The molecule has 0 saturated carbocycles. The molecular weight excluding hydrogens is 368 g/mol. The van der Waals surface area contributed by atoms with Crippen molar-refractivity contribution in [1.29, 1.82) is 0 Å². The van der Waals surface area contributed by atoms with Crippen molar-refractivity contribution in [1.82, 2.24) is 15.2 Å². The molecule has 0 fully saturated rings. The second-order valence-electron chi connectivity index (χ2n) is 7.02. The number of H-pyrrole nitrogens is 1. The summed E-state index contributed by atoms with van der Waals surface area (Å²) < 4.78 is 5.16. The number of nitrogens with zero attached hydrogens (tertiary/aromatic N) is 3. The Bertz CT molecular complexity index is 1250. The largest absolute Gasteiger partial charge is 0.481 e. The molecule has 0 unspecified atom stereocenters. The molecule has 3 aromatic heterocycles. The first-order valence-corrected chi connectivity index (χ1v) is 9.95. The molecule has 1 aliphatic carbocycles. The zero-order chi connectivity index (χ0) is 18.7. The number of methoxy groups -OCH3 is 1. The van der Waals surface area contributed by atoms with Gasteiger partial charge in [0, 0.05) is 56.9 Å². The van der Waals surface area contributed by atoms with E-state index in [0.717, 1.165) is 35.5 Å². The van der Waals surface area contributed by atoms with Gasteiger partial charge in [-0.25, -0.2) is 4.98 Å². The van der Waals surface area contributed by atoms with E-state index in [1.54, 1.807) is 7.11 Å². The molecule has 6 rings (SSSR count). The van der Waals surface area contributed by atoms with Crippen LogP contribution in [0.4, 0.5) is 0 Å². The Kier molecular flexibility index (Phi) is 3.31. The molecule has 4 heterocycles. The van der Waals surface area contributed by atoms with E-state index in [-0.39, 0.29) is 0 Å². The highest BCUT2D eigenvalue weighted by atomic mass is 32.1. The molecule has 28 heavy (non-hydrogen) atoms. The van der Waals surface area contributed by atoms with Crippen LogP contribution in [0, 0.1) is 0 Å². The third kappa shape index (κ3) is 2.28. The van der Waals surface area contributed by atoms with E-state index in [1.165, 1.54) is 32.0 Å². The average molecular weight is 384 g/mol. The summed E-state index contributed by atoms with van der Waals surface area (Å²) in [5.74, 6) is 0.632. The maximum atomic E-state index is 5.16. The average Bonchev–Trinajstić information content (AvgIpc) is 3.48. The Hall–Kier alpha value is -3.25. The summed E-state index contributed by atoms with van der Waals surface area (Å²) in [6.45, 7) is 0.766. The maximum absolute atomic E-state index is 5.16. The molecule has 136 valence electrons. The van der Waals surface area contributed by atoms with Crippen molar-refractivity contribution in [3.8, 4) is 38.8 Å². The van der Waals surface area contributed by atoms with Gasteiger partial charge in [0.25, 0.3) is 0 Å². The zero-order valence-electron chi connectivity index (χ0n) is 15.2. The van der Waals surface area contributed by atoms with Crippen LogP contribution in [0.5, 0.6) is 5.88 Å². The predicted octanol–water partition coefficient (Wildman–Crippen LogP) is 4.71. The molecule has 0 bridgehead atoms. The summed E-state index contributed by atoms with van der Waals surface area (Å²) in [4.78, 5) is 11.3. The monoisotopic (exact) mass is 384 g/mol. The molecule has 1 aliphatic heterocycles. The number of aromatic nitrogens is 3. The third-order valence-corrected chi connectivity index (χ3v) is 6.61. The van der Waals surface area contributed by atoms with Gasteiger partial charge in [0.1, 0.15) is 0 Å². The summed E-state index contributed by atoms with van der Waals surface area (Å²) in [5.41, 5.74) is 9.51. The number of fused-ring (bicyclic) bond motifs is 4. The van der Waals surface area contributed by atoms with E-state index < -0.39 is 0 Å². The van der Waals surface area contributed by atoms with Crippen molar-refractivity contribution in [2.45, 2.75) is 13.0 Å². The molecule has 0 radical (unpaired) electrons. The van der Waals surface area contributed by atoms with E-state index >= 15 is 0 Å². The molecule has 0 spiro atoms. The fraction of sp³-hybridized carbons (Fsp3) is 0.136. The number of aliphatic imine (C=N–C) groups is 1. The Labute approximate surface area is 165 Å². The van der Waals surface area contributed by atoms with Crippen molar-refractivity contribution in [3.63, 3.8) is 0 Å². The van der Waals surface area contributed by atoms with Crippen molar-refractivity contribution < 1.29 is 4.74 Å². The Balaban J connectivity index is 1.37. The van der Waals surface area contributed by atoms with Crippen LogP contribution < -0.4 is 4.74 Å². The topological polar surface area (TPSA) is 63.2 Å². The highest BCUT2D eigenvalue weighted by Gasteiger charge is 2.28. The van der Waals surface area contributed by atoms with Crippen LogP contribution in [-0.4, -0.2) is 28.5 Å². The van der Waals surface area contributed by atoms with Crippen LogP contribution in [-0.2, 0) is 13.0 Å². The lowest BCUT2D eigenvalue weighted by molar-refractivity contribution is 0.398. The number of ether oxygens (including phenoxy) is 1. The van der Waals surface area contributed by atoms with Gasteiger partial charge in [-0.15, -0.1) is 11.3 Å². The molecular formula is C22H16N4OS. The number of aromatic amines is 1. The highest BCUT2D eigenvalue weighted by Crippen LogP contribution is 2.46. The van der Waals surface area contributed by atoms with E-state index in [0.29, 0.717) is 5.88 Å².